The van der Waals surface area contributed by atoms with Crippen LogP contribution in [0.25, 0.3) is 22.4 Å². The molecule has 3 rings (SSSR count). The van der Waals surface area contributed by atoms with E-state index in [-0.39, 0.29) is 0 Å². The summed E-state index contributed by atoms with van der Waals surface area (Å²) >= 11 is 1.80. The summed E-state index contributed by atoms with van der Waals surface area (Å²) in [6.45, 7) is 4.25. The lowest BCUT2D eigenvalue weighted by Crippen LogP contribution is -1.94. The van der Waals surface area contributed by atoms with E-state index in [0.717, 1.165) is 28.2 Å². The summed E-state index contributed by atoms with van der Waals surface area (Å²) in [5, 5.41) is 0. The first-order chi connectivity index (χ1) is 9.70. The van der Waals surface area contributed by atoms with E-state index in [4.69, 9.17) is 4.98 Å². The van der Waals surface area contributed by atoms with Gasteiger partial charge in [0, 0.05) is 29.9 Å². The van der Waals surface area contributed by atoms with Gasteiger partial charge in [0.25, 0.3) is 0 Å². The van der Waals surface area contributed by atoms with Crippen LogP contribution in [0.15, 0.2) is 41.6 Å². The molecule has 0 aliphatic carbocycles. The third-order valence-corrected chi connectivity index (χ3v) is 4.29. The summed E-state index contributed by atoms with van der Waals surface area (Å²) in [5.74, 6) is 2.03. The van der Waals surface area contributed by atoms with Crippen molar-refractivity contribution in [3.05, 3.63) is 42.2 Å². The third kappa shape index (κ3) is 2.20. The molecule has 0 aliphatic rings. The first-order valence-corrected chi connectivity index (χ1v) is 7.69. The largest absolute Gasteiger partial charge is 0.327 e. The Bertz CT molecular complexity index is 762. The predicted octanol–water partition coefficient (Wildman–Crippen LogP) is 4.06. The molecule has 0 amide bonds. The molecule has 0 N–H and O–H groups in total. The molecule has 0 aliphatic heterocycles. The number of fused-ring (bicyclic) bond motifs is 1. The van der Waals surface area contributed by atoms with E-state index in [1.165, 1.54) is 10.5 Å². The van der Waals surface area contributed by atoms with Gasteiger partial charge in [0.2, 0.25) is 0 Å². The number of rotatable bonds is 3. The van der Waals surface area contributed by atoms with Gasteiger partial charge in [0.1, 0.15) is 5.82 Å². The Morgan fingerprint density at radius 2 is 2.10 bits per heavy atom. The van der Waals surface area contributed by atoms with Crippen LogP contribution < -0.4 is 0 Å². The average Bonchev–Trinajstić information content (AvgIpc) is 2.76. The van der Waals surface area contributed by atoms with Crippen LogP contribution in [0.5, 0.6) is 0 Å². The van der Waals surface area contributed by atoms with Crippen LogP contribution >= 0.6 is 11.8 Å². The van der Waals surface area contributed by atoms with E-state index < -0.39 is 0 Å². The predicted molar refractivity (Wildman–Crippen MR) is 85.1 cm³/mol. The van der Waals surface area contributed by atoms with Gasteiger partial charge in [-0.1, -0.05) is 13.0 Å². The van der Waals surface area contributed by atoms with Crippen molar-refractivity contribution in [3.63, 3.8) is 0 Å². The number of hydrogen-bond donors (Lipinski definition) is 0. The van der Waals surface area contributed by atoms with Gasteiger partial charge in [-0.15, -0.1) is 11.8 Å². The Hall–Kier alpha value is -1.81. The van der Waals surface area contributed by atoms with Gasteiger partial charge in [0.15, 0.2) is 0 Å². The number of thioether (sulfide) groups is 1. The molecule has 3 nitrogen and oxygen atoms in total. The fourth-order valence-corrected chi connectivity index (χ4v) is 3.15. The molecule has 4 heteroatoms. The van der Waals surface area contributed by atoms with Gasteiger partial charge < -0.3 is 4.57 Å². The van der Waals surface area contributed by atoms with E-state index in [9.17, 15) is 0 Å². The van der Waals surface area contributed by atoms with Crippen molar-refractivity contribution in [2.75, 3.05) is 5.75 Å². The van der Waals surface area contributed by atoms with Gasteiger partial charge in [0.05, 0.1) is 11.0 Å². The number of pyridine rings is 1. The second-order valence-electron chi connectivity index (χ2n) is 4.79. The second kappa shape index (κ2) is 5.29. The summed E-state index contributed by atoms with van der Waals surface area (Å²) < 4.78 is 2.16. The van der Waals surface area contributed by atoms with Crippen LogP contribution in [-0.4, -0.2) is 20.3 Å². The van der Waals surface area contributed by atoms with E-state index in [2.05, 4.69) is 48.6 Å². The zero-order valence-electron chi connectivity index (χ0n) is 11.9. The average molecular weight is 283 g/mol. The first-order valence-electron chi connectivity index (χ1n) is 6.71. The van der Waals surface area contributed by atoms with Gasteiger partial charge in [-0.05, 0) is 36.4 Å². The van der Waals surface area contributed by atoms with Crippen LogP contribution in [0.1, 0.15) is 12.5 Å². The molecule has 20 heavy (non-hydrogen) atoms. The highest BCUT2D eigenvalue weighted by Crippen LogP contribution is 2.31. The first kappa shape index (κ1) is 13.2. The Labute approximate surface area is 123 Å². The monoisotopic (exact) mass is 283 g/mol. The maximum absolute atomic E-state index is 4.81. The maximum Gasteiger partial charge on any atom is 0.142 e. The summed E-state index contributed by atoms with van der Waals surface area (Å²) in [7, 11) is 2.07. The Morgan fingerprint density at radius 1 is 1.25 bits per heavy atom. The molecule has 2 heterocycles. The molecule has 0 radical (unpaired) electrons. The Balaban J connectivity index is 2.22. The highest BCUT2D eigenvalue weighted by atomic mass is 32.2. The topological polar surface area (TPSA) is 30.7 Å². The van der Waals surface area contributed by atoms with E-state index >= 15 is 0 Å². The highest BCUT2D eigenvalue weighted by molar-refractivity contribution is 7.99. The summed E-state index contributed by atoms with van der Waals surface area (Å²) in [6.07, 6.45) is 3.76. The lowest BCUT2D eigenvalue weighted by molar-refractivity contribution is 0.952. The number of benzene rings is 1. The number of nitrogens with zero attached hydrogens (tertiary/aromatic N) is 3. The molecule has 0 bridgehead atoms. The molecule has 0 spiro atoms. The van der Waals surface area contributed by atoms with Crippen molar-refractivity contribution >= 4 is 22.8 Å². The number of aryl methyl sites for hydroxylation is 2. The van der Waals surface area contributed by atoms with Gasteiger partial charge >= 0.3 is 0 Å². The molecule has 0 unspecified atom stereocenters. The van der Waals surface area contributed by atoms with Gasteiger partial charge in [-0.2, -0.15) is 0 Å². The normalized spacial score (nSPS) is 11.2. The van der Waals surface area contributed by atoms with Crippen molar-refractivity contribution in [2.24, 2.45) is 7.05 Å². The maximum atomic E-state index is 4.81. The van der Waals surface area contributed by atoms with Crippen LogP contribution in [0.2, 0.25) is 0 Å². The van der Waals surface area contributed by atoms with Crippen molar-refractivity contribution < 1.29 is 0 Å². The zero-order chi connectivity index (χ0) is 14.1. The van der Waals surface area contributed by atoms with Crippen LogP contribution in [0, 0.1) is 6.92 Å². The second-order valence-corrected chi connectivity index (χ2v) is 6.10. The quantitative estimate of drug-likeness (QED) is 0.679. The molecule has 0 saturated heterocycles. The number of aromatic nitrogens is 3. The smallest absolute Gasteiger partial charge is 0.142 e. The standard InChI is InChI=1S/C16H17N3S/c1-4-20-15-10-17-8-7-12(15)16-18-13-9-11(2)5-6-14(13)19(16)3/h5-10H,4H2,1-3H3. The van der Waals surface area contributed by atoms with Gasteiger partial charge in [-0.3, -0.25) is 4.98 Å². The minimum Gasteiger partial charge on any atom is -0.327 e. The third-order valence-electron chi connectivity index (χ3n) is 3.36. The van der Waals surface area contributed by atoms with Crippen LogP contribution in [-0.2, 0) is 7.05 Å². The molecular weight excluding hydrogens is 266 g/mol. The van der Waals surface area contributed by atoms with E-state index in [1.807, 2.05) is 18.5 Å². The lowest BCUT2D eigenvalue weighted by atomic mass is 10.2. The summed E-state index contributed by atoms with van der Waals surface area (Å²) in [6, 6.07) is 8.44. The summed E-state index contributed by atoms with van der Waals surface area (Å²) in [5.41, 5.74) is 4.60. The summed E-state index contributed by atoms with van der Waals surface area (Å²) in [4.78, 5) is 10.2. The highest BCUT2D eigenvalue weighted by Gasteiger charge is 2.13. The van der Waals surface area contributed by atoms with E-state index in [0.29, 0.717) is 0 Å². The van der Waals surface area contributed by atoms with Gasteiger partial charge in [-0.25, -0.2) is 4.98 Å². The molecule has 0 fully saturated rings. The number of hydrogen-bond acceptors (Lipinski definition) is 3. The number of imidazole rings is 1. The lowest BCUT2D eigenvalue weighted by Gasteiger charge is -2.07. The molecular formula is C16H17N3S. The minimum absolute atomic E-state index is 1.00. The molecule has 102 valence electrons. The molecule has 2 aromatic heterocycles. The fourth-order valence-electron chi connectivity index (χ4n) is 2.39. The van der Waals surface area contributed by atoms with Crippen molar-refractivity contribution in [3.8, 4) is 11.4 Å². The zero-order valence-corrected chi connectivity index (χ0v) is 12.7. The SMILES string of the molecule is CCSc1cnccc1-c1nc2cc(C)ccc2n1C. The Morgan fingerprint density at radius 3 is 2.90 bits per heavy atom. The van der Waals surface area contributed by atoms with Crippen molar-refractivity contribution in [1.82, 2.24) is 14.5 Å². The van der Waals surface area contributed by atoms with Crippen molar-refractivity contribution in [1.29, 1.82) is 0 Å². The molecule has 3 aromatic rings. The Kier molecular flexibility index (Phi) is 3.49. The molecule has 1 aromatic carbocycles. The minimum atomic E-state index is 1.00. The fraction of sp³-hybridized carbons (Fsp3) is 0.250. The van der Waals surface area contributed by atoms with Crippen LogP contribution in [0.3, 0.4) is 0 Å². The molecule has 0 atom stereocenters. The van der Waals surface area contributed by atoms with E-state index in [1.54, 1.807) is 11.8 Å². The molecule has 0 saturated carbocycles. The van der Waals surface area contributed by atoms with Crippen LogP contribution in [0.4, 0.5) is 0 Å². The van der Waals surface area contributed by atoms with Crippen molar-refractivity contribution in [2.45, 2.75) is 18.7 Å².